The Labute approximate surface area is 195 Å². The summed E-state index contributed by atoms with van der Waals surface area (Å²) >= 11 is 0. The quantitative estimate of drug-likeness (QED) is 0.440. The van der Waals surface area contributed by atoms with Gasteiger partial charge >= 0.3 is 6.18 Å². The number of aliphatic hydroxyl groups is 1. The molecule has 0 saturated carbocycles. The lowest BCUT2D eigenvalue weighted by atomic mass is 10.1. The SMILES string of the molecule is CON(C)C(=O)c1cccc(CN(CC(O)C(F)(F)F)c2cccc(Oc3ccccc3)c2)c1. The highest BCUT2D eigenvalue weighted by atomic mass is 19.4. The number of hydroxylamine groups is 2. The minimum Gasteiger partial charge on any atom is -0.457 e. The van der Waals surface area contributed by atoms with Gasteiger partial charge in [0, 0.05) is 30.9 Å². The summed E-state index contributed by atoms with van der Waals surface area (Å²) in [5, 5.41) is 10.8. The lowest BCUT2D eigenvalue weighted by Crippen LogP contribution is -2.40. The van der Waals surface area contributed by atoms with E-state index in [2.05, 4.69) is 0 Å². The third-order valence-corrected chi connectivity index (χ3v) is 5.04. The number of hydrogen-bond donors (Lipinski definition) is 1. The van der Waals surface area contributed by atoms with Crippen LogP contribution in [0.5, 0.6) is 11.5 Å². The molecule has 0 aromatic heterocycles. The van der Waals surface area contributed by atoms with Crippen molar-refractivity contribution in [2.45, 2.75) is 18.8 Å². The monoisotopic (exact) mass is 474 g/mol. The molecule has 0 radical (unpaired) electrons. The number of amides is 1. The number of nitrogens with zero attached hydrogens (tertiary/aromatic N) is 2. The van der Waals surface area contributed by atoms with Crippen LogP contribution in [0.3, 0.4) is 0 Å². The van der Waals surface area contributed by atoms with Crippen molar-refractivity contribution in [3.63, 3.8) is 0 Å². The second-order valence-electron chi connectivity index (χ2n) is 7.54. The van der Waals surface area contributed by atoms with E-state index in [0.717, 1.165) is 5.06 Å². The fourth-order valence-electron chi connectivity index (χ4n) is 3.23. The lowest BCUT2D eigenvalue weighted by molar-refractivity contribution is -0.200. The van der Waals surface area contributed by atoms with Gasteiger partial charge in [0.2, 0.25) is 0 Å². The molecule has 0 heterocycles. The van der Waals surface area contributed by atoms with Crippen molar-refractivity contribution >= 4 is 11.6 Å². The second kappa shape index (κ2) is 11.0. The number of rotatable bonds is 9. The minimum atomic E-state index is -4.78. The van der Waals surface area contributed by atoms with Crippen LogP contribution in [0.25, 0.3) is 0 Å². The highest BCUT2D eigenvalue weighted by molar-refractivity contribution is 5.93. The first kappa shape index (κ1) is 25.1. The van der Waals surface area contributed by atoms with E-state index in [4.69, 9.17) is 9.57 Å². The maximum atomic E-state index is 13.2. The van der Waals surface area contributed by atoms with Crippen LogP contribution in [-0.2, 0) is 11.4 Å². The first-order valence-corrected chi connectivity index (χ1v) is 10.4. The molecule has 0 spiro atoms. The van der Waals surface area contributed by atoms with Crippen molar-refractivity contribution in [2.75, 3.05) is 25.6 Å². The molecule has 34 heavy (non-hydrogen) atoms. The summed E-state index contributed by atoms with van der Waals surface area (Å²) in [6.07, 6.45) is -7.34. The van der Waals surface area contributed by atoms with E-state index in [1.165, 1.54) is 19.1 Å². The number of benzene rings is 3. The Bertz CT molecular complexity index is 1090. The van der Waals surface area contributed by atoms with Gasteiger partial charge in [0.15, 0.2) is 6.10 Å². The number of ether oxygens (including phenoxy) is 1. The summed E-state index contributed by atoms with van der Waals surface area (Å²) in [6, 6.07) is 22.1. The standard InChI is InChI=1S/C25H25F3N2O4/c1-29(33-2)24(32)19-9-6-8-18(14-19)16-30(17-23(31)25(26,27)28)20-10-7-13-22(15-20)34-21-11-4-3-5-12-21/h3-15,23,31H,16-17H2,1-2H3. The predicted molar refractivity (Wildman–Crippen MR) is 122 cm³/mol. The van der Waals surface area contributed by atoms with E-state index in [1.807, 2.05) is 6.07 Å². The van der Waals surface area contributed by atoms with E-state index in [-0.39, 0.29) is 6.54 Å². The second-order valence-corrected chi connectivity index (χ2v) is 7.54. The molecule has 180 valence electrons. The van der Waals surface area contributed by atoms with Gasteiger partial charge in [0.05, 0.1) is 13.7 Å². The number of aliphatic hydroxyl groups excluding tert-OH is 1. The Hall–Kier alpha value is -3.56. The van der Waals surface area contributed by atoms with Gasteiger partial charge in [-0.1, -0.05) is 36.4 Å². The summed E-state index contributed by atoms with van der Waals surface area (Å²) in [7, 11) is 2.81. The van der Waals surface area contributed by atoms with Crippen LogP contribution >= 0.6 is 0 Å². The molecule has 0 saturated heterocycles. The fourth-order valence-corrected chi connectivity index (χ4v) is 3.23. The summed E-state index contributed by atoms with van der Waals surface area (Å²) in [6.45, 7) is -0.686. The first-order valence-electron chi connectivity index (χ1n) is 10.4. The average Bonchev–Trinajstić information content (AvgIpc) is 2.83. The molecule has 3 rings (SSSR count). The van der Waals surface area contributed by atoms with Gasteiger partial charge in [-0.25, -0.2) is 5.06 Å². The molecule has 1 N–H and O–H groups in total. The number of anilines is 1. The number of alkyl halides is 3. The maximum Gasteiger partial charge on any atom is 0.416 e. The van der Waals surface area contributed by atoms with Gasteiger partial charge in [-0.15, -0.1) is 0 Å². The minimum absolute atomic E-state index is 0.0136. The van der Waals surface area contributed by atoms with E-state index in [1.54, 1.807) is 72.8 Å². The molecule has 0 aliphatic heterocycles. The molecule has 1 atom stereocenters. The van der Waals surface area contributed by atoms with Gasteiger partial charge in [-0.2, -0.15) is 13.2 Å². The normalized spacial score (nSPS) is 12.2. The van der Waals surface area contributed by atoms with Gasteiger partial charge in [0.25, 0.3) is 5.91 Å². The Morgan fingerprint density at radius 3 is 2.32 bits per heavy atom. The van der Waals surface area contributed by atoms with Crippen LogP contribution in [0.1, 0.15) is 15.9 Å². The van der Waals surface area contributed by atoms with Crippen LogP contribution in [0.15, 0.2) is 78.9 Å². The summed E-state index contributed by atoms with van der Waals surface area (Å²) < 4.78 is 45.3. The van der Waals surface area contributed by atoms with Crippen molar-refractivity contribution in [1.29, 1.82) is 0 Å². The zero-order valence-corrected chi connectivity index (χ0v) is 18.7. The first-order chi connectivity index (χ1) is 16.2. The molecule has 6 nitrogen and oxygen atoms in total. The van der Waals surface area contributed by atoms with E-state index < -0.39 is 24.7 Å². The maximum absolute atomic E-state index is 13.2. The molecule has 3 aromatic carbocycles. The third kappa shape index (κ3) is 6.72. The predicted octanol–water partition coefficient (Wildman–Crippen LogP) is 5.04. The molecule has 9 heteroatoms. The molecule has 0 fully saturated rings. The Morgan fingerprint density at radius 2 is 1.65 bits per heavy atom. The molecule has 0 aliphatic carbocycles. The molecule has 0 bridgehead atoms. The van der Waals surface area contributed by atoms with Crippen LogP contribution < -0.4 is 9.64 Å². The van der Waals surface area contributed by atoms with Crippen LogP contribution in [0.4, 0.5) is 18.9 Å². The van der Waals surface area contributed by atoms with E-state index in [9.17, 15) is 23.1 Å². The molecule has 3 aromatic rings. The number of carbonyl (C=O) groups is 1. The number of hydrogen-bond acceptors (Lipinski definition) is 5. The van der Waals surface area contributed by atoms with Crippen LogP contribution in [-0.4, -0.2) is 49.1 Å². The van der Waals surface area contributed by atoms with Gasteiger partial charge in [0.1, 0.15) is 11.5 Å². The molecule has 1 unspecified atom stereocenters. The molecule has 1 amide bonds. The lowest BCUT2D eigenvalue weighted by Gasteiger charge is -2.29. The average molecular weight is 474 g/mol. The Kier molecular flexibility index (Phi) is 8.14. The van der Waals surface area contributed by atoms with Crippen LogP contribution in [0.2, 0.25) is 0 Å². The van der Waals surface area contributed by atoms with Gasteiger partial charge in [-0.05, 0) is 42.0 Å². The Morgan fingerprint density at radius 1 is 0.971 bits per heavy atom. The number of carbonyl (C=O) groups excluding carboxylic acids is 1. The summed E-state index contributed by atoms with van der Waals surface area (Å²) in [4.78, 5) is 18.7. The Balaban J connectivity index is 1.89. The highest BCUT2D eigenvalue weighted by Crippen LogP contribution is 2.29. The zero-order valence-electron chi connectivity index (χ0n) is 18.7. The molecule has 0 aliphatic rings. The zero-order chi connectivity index (χ0) is 24.7. The van der Waals surface area contributed by atoms with E-state index >= 15 is 0 Å². The van der Waals surface area contributed by atoms with Crippen molar-refractivity contribution in [1.82, 2.24) is 5.06 Å². The van der Waals surface area contributed by atoms with Crippen molar-refractivity contribution in [3.8, 4) is 11.5 Å². The van der Waals surface area contributed by atoms with Crippen LogP contribution in [0, 0.1) is 0 Å². The molecular weight excluding hydrogens is 449 g/mol. The number of para-hydroxylation sites is 1. The van der Waals surface area contributed by atoms with Gasteiger partial charge in [-0.3, -0.25) is 9.63 Å². The number of halogens is 3. The summed E-state index contributed by atoms with van der Waals surface area (Å²) in [5.41, 5.74) is 1.32. The highest BCUT2D eigenvalue weighted by Gasteiger charge is 2.39. The molecular formula is C25H25F3N2O4. The van der Waals surface area contributed by atoms with Gasteiger partial charge < -0.3 is 14.7 Å². The summed E-state index contributed by atoms with van der Waals surface area (Å²) in [5.74, 6) is 0.611. The van der Waals surface area contributed by atoms with Crippen molar-refractivity contribution in [3.05, 3.63) is 90.0 Å². The van der Waals surface area contributed by atoms with E-state index in [0.29, 0.717) is 28.3 Å². The van der Waals surface area contributed by atoms with Crippen molar-refractivity contribution in [2.24, 2.45) is 0 Å². The van der Waals surface area contributed by atoms with Crippen molar-refractivity contribution < 1.29 is 32.6 Å². The topological polar surface area (TPSA) is 62.2 Å². The fraction of sp³-hybridized carbons (Fsp3) is 0.240. The largest absolute Gasteiger partial charge is 0.457 e. The smallest absolute Gasteiger partial charge is 0.416 e. The third-order valence-electron chi connectivity index (χ3n) is 5.04.